The van der Waals surface area contributed by atoms with Crippen LogP contribution in [0.5, 0.6) is 0 Å². The van der Waals surface area contributed by atoms with Gasteiger partial charge in [-0.15, -0.1) is 0 Å². The van der Waals surface area contributed by atoms with Gasteiger partial charge in [0.25, 0.3) is 0 Å². The molecule has 0 bridgehead atoms. The minimum absolute atomic E-state index is 0.252. The van der Waals surface area contributed by atoms with Crippen LogP contribution in [0.1, 0.15) is 39.0 Å². The van der Waals surface area contributed by atoms with Gasteiger partial charge in [0, 0.05) is 37.9 Å². The number of piperidine rings is 1. The molecule has 0 aromatic carbocycles. The van der Waals surface area contributed by atoms with Crippen LogP contribution in [0.15, 0.2) is 23.2 Å². The number of aromatic nitrogens is 1. The average molecular weight is 353 g/mol. The van der Waals surface area contributed by atoms with Crippen molar-refractivity contribution in [3.05, 3.63) is 18.3 Å². The molecule has 2 saturated heterocycles. The van der Waals surface area contributed by atoms with Crippen molar-refractivity contribution in [2.45, 2.75) is 50.0 Å². The Bertz CT molecular complexity index is 621. The van der Waals surface area contributed by atoms with Gasteiger partial charge in [-0.25, -0.2) is 13.4 Å². The summed E-state index contributed by atoms with van der Waals surface area (Å²) in [5.74, 6) is 1.18. The summed E-state index contributed by atoms with van der Waals surface area (Å²) in [4.78, 5) is 4.60. The molecule has 2 aliphatic rings. The molecule has 2 atom stereocenters. The van der Waals surface area contributed by atoms with Crippen LogP contribution in [0.2, 0.25) is 0 Å². The first-order valence-corrected chi connectivity index (χ1v) is 10.3. The molecule has 0 aliphatic carbocycles. The summed E-state index contributed by atoms with van der Waals surface area (Å²) < 4.78 is 32.3. The van der Waals surface area contributed by atoms with E-state index in [1.54, 1.807) is 16.4 Å². The Balaban J connectivity index is 1.64. The van der Waals surface area contributed by atoms with E-state index in [4.69, 9.17) is 4.74 Å². The third kappa shape index (κ3) is 4.07. The van der Waals surface area contributed by atoms with E-state index in [-0.39, 0.29) is 10.9 Å². The summed E-state index contributed by atoms with van der Waals surface area (Å²) in [6, 6.07) is 3.67. The molecule has 3 rings (SSSR count). The lowest BCUT2D eigenvalue weighted by Gasteiger charge is -2.28. The molecule has 24 heavy (non-hydrogen) atoms. The fourth-order valence-corrected chi connectivity index (χ4v) is 4.85. The van der Waals surface area contributed by atoms with Gasteiger partial charge >= 0.3 is 0 Å². The fraction of sp³-hybridized carbons (Fsp3) is 0.706. The molecule has 1 aromatic heterocycles. The Labute approximate surface area is 144 Å². The molecule has 2 aliphatic heterocycles. The van der Waals surface area contributed by atoms with Crippen molar-refractivity contribution in [2.75, 3.05) is 31.6 Å². The quantitative estimate of drug-likeness (QED) is 0.880. The number of rotatable bonds is 5. The highest BCUT2D eigenvalue weighted by Gasteiger charge is 2.26. The second-order valence-electron chi connectivity index (χ2n) is 6.75. The van der Waals surface area contributed by atoms with Gasteiger partial charge in [0.2, 0.25) is 10.0 Å². The highest BCUT2D eigenvalue weighted by molar-refractivity contribution is 7.89. The predicted octanol–water partition coefficient (Wildman–Crippen LogP) is 2.48. The minimum atomic E-state index is -3.40. The second kappa shape index (κ2) is 7.80. The molecular weight excluding hydrogens is 326 g/mol. The third-order valence-corrected chi connectivity index (χ3v) is 6.85. The first kappa shape index (κ1) is 17.6. The van der Waals surface area contributed by atoms with Crippen LogP contribution in [0, 0.1) is 5.92 Å². The average Bonchev–Trinajstić information content (AvgIpc) is 2.63. The van der Waals surface area contributed by atoms with E-state index in [2.05, 4.69) is 17.2 Å². The number of anilines is 1. The summed E-state index contributed by atoms with van der Waals surface area (Å²) in [5, 5.41) is 3.37. The lowest BCUT2D eigenvalue weighted by atomic mass is 9.95. The zero-order chi connectivity index (χ0) is 17.0. The van der Waals surface area contributed by atoms with E-state index in [1.165, 1.54) is 6.20 Å². The fourth-order valence-electron chi connectivity index (χ4n) is 3.38. The van der Waals surface area contributed by atoms with Gasteiger partial charge in [-0.1, -0.05) is 6.42 Å². The van der Waals surface area contributed by atoms with Gasteiger partial charge in [-0.05, 0) is 44.7 Å². The van der Waals surface area contributed by atoms with Crippen LogP contribution in [-0.2, 0) is 14.8 Å². The lowest BCUT2D eigenvalue weighted by molar-refractivity contribution is 0.0496. The van der Waals surface area contributed by atoms with Crippen molar-refractivity contribution in [1.29, 1.82) is 0 Å². The molecule has 0 amide bonds. The summed E-state index contributed by atoms with van der Waals surface area (Å²) in [7, 11) is -3.40. The number of ether oxygens (including phenoxy) is 1. The van der Waals surface area contributed by atoms with Crippen LogP contribution in [0.4, 0.5) is 5.82 Å². The Kier molecular flexibility index (Phi) is 5.73. The van der Waals surface area contributed by atoms with Crippen LogP contribution in [0.3, 0.4) is 0 Å². The molecule has 0 spiro atoms. The number of sulfonamides is 1. The molecule has 0 saturated carbocycles. The zero-order valence-electron chi connectivity index (χ0n) is 14.3. The maximum absolute atomic E-state index is 12.6. The van der Waals surface area contributed by atoms with Crippen molar-refractivity contribution in [1.82, 2.24) is 9.29 Å². The summed E-state index contributed by atoms with van der Waals surface area (Å²) in [5.41, 5.74) is 0. The van der Waals surface area contributed by atoms with Crippen molar-refractivity contribution in [3.8, 4) is 0 Å². The lowest BCUT2D eigenvalue weighted by Crippen LogP contribution is -2.35. The van der Waals surface area contributed by atoms with Crippen LogP contribution in [-0.4, -0.2) is 50.1 Å². The Morgan fingerprint density at radius 2 is 2.04 bits per heavy atom. The molecule has 2 fully saturated rings. The molecule has 7 heteroatoms. The Morgan fingerprint density at radius 1 is 1.25 bits per heavy atom. The first-order valence-electron chi connectivity index (χ1n) is 8.88. The number of hydrogen-bond acceptors (Lipinski definition) is 5. The number of nitrogens with one attached hydrogen (secondary N) is 1. The van der Waals surface area contributed by atoms with E-state index in [1.807, 2.05) is 0 Å². The number of nitrogens with zero attached hydrogens (tertiary/aromatic N) is 2. The SMILES string of the molecule is C[C@H](Nc1ccc(S(=O)(=O)N2CCCCC2)cn1)[C@H]1CCCOC1. The first-order chi connectivity index (χ1) is 11.6. The maximum atomic E-state index is 12.6. The van der Waals surface area contributed by atoms with E-state index in [0.29, 0.717) is 24.8 Å². The summed E-state index contributed by atoms with van der Waals surface area (Å²) >= 11 is 0. The standard InChI is InChI=1S/C17H27N3O3S/c1-14(15-6-5-11-23-13-15)19-17-8-7-16(12-18-17)24(21,22)20-9-3-2-4-10-20/h7-8,12,14-15H,2-6,9-11,13H2,1H3,(H,18,19)/t14-,15-/m0/s1. The van der Waals surface area contributed by atoms with Crippen molar-refractivity contribution < 1.29 is 13.2 Å². The Hall–Kier alpha value is -1.18. The van der Waals surface area contributed by atoms with Gasteiger partial charge < -0.3 is 10.1 Å². The number of pyridine rings is 1. The topological polar surface area (TPSA) is 71.5 Å². The molecule has 134 valence electrons. The Morgan fingerprint density at radius 3 is 2.67 bits per heavy atom. The van der Waals surface area contributed by atoms with Crippen molar-refractivity contribution in [2.24, 2.45) is 5.92 Å². The van der Waals surface area contributed by atoms with Crippen molar-refractivity contribution in [3.63, 3.8) is 0 Å². The second-order valence-corrected chi connectivity index (χ2v) is 8.69. The van der Waals surface area contributed by atoms with Crippen LogP contribution in [0.25, 0.3) is 0 Å². The van der Waals surface area contributed by atoms with Gasteiger partial charge in [0.15, 0.2) is 0 Å². The third-order valence-electron chi connectivity index (χ3n) is 4.97. The maximum Gasteiger partial charge on any atom is 0.244 e. The number of hydrogen-bond donors (Lipinski definition) is 1. The highest BCUT2D eigenvalue weighted by Crippen LogP contribution is 2.23. The van der Waals surface area contributed by atoms with E-state index in [0.717, 1.165) is 45.3 Å². The van der Waals surface area contributed by atoms with E-state index in [9.17, 15) is 8.42 Å². The van der Waals surface area contributed by atoms with E-state index >= 15 is 0 Å². The van der Waals surface area contributed by atoms with E-state index < -0.39 is 10.0 Å². The van der Waals surface area contributed by atoms with Gasteiger partial charge in [0.05, 0.1) is 6.61 Å². The van der Waals surface area contributed by atoms with Crippen LogP contribution >= 0.6 is 0 Å². The molecule has 1 N–H and O–H groups in total. The summed E-state index contributed by atoms with van der Waals surface area (Å²) in [6.45, 7) is 4.97. The summed E-state index contributed by atoms with van der Waals surface area (Å²) in [6.07, 6.45) is 6.69. The normalized spacial score (nSPS) is 24.5. The predicted molar refractivity (Wildman–Crippen MR) is 93.5 cm³/mol. The molecular formula is C17H27N3O3S. The minimum Gasteiger partial charge on any atom is -0.381 e. The van der Waals surface area contributed by atoms with Gasteiger partial charge in [0.1, 0.15) is 10.7 Å². The molecule has 1 aromatic rings. The largest absolute Gasteiger partial charge is 0.381 e. The van der Waals surface area contributed by atoms with Crippen molar-refractivity contribution >= 4 is 15.8 Å². The zero-order valence-corrected chi connectivity index (χ0v) is 15.1. The molecule has 0 unspecified atom stereocenters. The monoisotopic (exact) mass is 353 g/mol. The highest BCUT2D eigenvalue weighted by atomic mass is 32.2. The molecule has 0 radical (unpaired) electrons. The van der Waals surface area contributed by atoms with Gasteiger partial charge in [-0.2, -0.15) is 4.31 Å². The van der Waals surface area contributed by atoms with Gasteiger partial charge in [-0.3, -0.25) is 0 Å². The van der Waals surface area contributed by atoms with Crippen LogP contribution < -0.4 is 5.32 Å². The molecule has 6 nitrogen and oxygen atoms in total. The molecule has 3 heterocycles. The smallest absolute Gasteiger partial charge is 0.244 e.